The first-order valence-electron chi connectivity index (χ1n) is 8.25. The van der Waals surface area contributed by atoms with E-state index in [2.05, 4.69) is 27.4 Å². The van der Waals surface area contributed by atoms with Gasteiger partial charge >= 0.3 is 14.8 Å². The first-order valence-corrected chi connectivity index (χ1v) is 11.2. The van der Waals surface area contributed by atoms with Gasteiger partial charge in [0.25, 0.3) is 0 Å². The summed E-state index contributed by atoms with van der Waals surface area (Å²) in [6.07, 6.45) is 1.92. The highest BCUT2D eigenvalue weighted by Crippen LogP contribution is 2.32. The summed E-state index contributed by atoms with van der Waals surface area (Å²) in [6.45, 7) is 10.4. The van der Waals surface area contributed by atoms with Crippen molar-refractivity contribution in [3.05, 3.63) is 12.2 Å². The van der Waals surface area contributed by atoms with Gasteiger partial charge in [-0.05, 0) is 18.3 Å². The molecule has 6 nitrogen and oxygen atoms in total. The van der Waals surface area contributed by atoms with Crippen LogP contribution in [-0.4, -0.2) is 51.7 Å². The largest absolute Gasteiger partial charge is 0.511 e. The third-order valence-corrected chi connectivity index (χ3v) is 8.77. The van der Waals surface area contributed by atoms with Crippen LogP contribution in [0.5, 0.6) is 0 Å². The van der Waals surface area contributed by atoms with Gasteiger partial charge in [0.15, 0.2) is 5.12 Å². The van der Waals surface area contributed by atoms with E-state index in [4.69, 9.17) is 18.4 Å². The fraction of sp³-hybridized carbons (Fsp3) is 0.765. The number of rotatable bonds is 13. The molecule has 1 unspecified atom stereocenters. The Labute approximate surface area is 156 Å². The first-order chi connectivity index (χ1) is 11.5. The lowest BCUT2D eigenvalue weighted by molar-refractivity contribution is -0.139. The van der Waals surface area contributed by atoms with Crippen LogP contribution in [0, 0.1) is 11.3 Å². The molecule has 0 aliphatic heterocycles. The van der Waals surface area contributed by atoms with Gasteiger partial charge < -0.3 is 18.4 Å². The van der Waals surface area contributed by atoms with E-state index >= 15 is 0 Å². The Morgan fingerprint density at radius 3 is 2.08 bits per heavy atom. The lowest BCUT2D eigenvalue weighted by Crippen LogP contribution is -2.46. The molecule has 1 atom stereocenters. The fourth-order valence-corrected chi connectivity index (χ4v) is 5.97. The molecule has 0 fully saturated rings. The zero-order chi connectivity index (χ0) is 19.7. The molecule has 0 saturated heterocycles. The second-order valence-electron chi connectivity index (χ2n) is 6.85. The average molecular weight is 393 g/mol. The zero-order valence-corrected chi connectivity index (χ0v) is 18.0. The summed E-state index contributed by atoms with van der Waals surface area (Å²) in [5.41, 5.74) is 0.992. The molecule has 0 aliphatic carbocycles. The predicted molar refractivity (Wildman–Crippen MR) is 102 cm³/mol. The van der Waals surface area contributed by atoms with Crippen LogP contribution in [0.2, 0.25) is 0 Å². The maximum Gasteiger partial charge on any atom is 0.511 e. The van der Waals surface area contributed by atoms with Crippen LogP contribution >= 0.6 is 11.8 Å². The Hall–Kier alpha value is -0.673. The van der Waals surface area contributed by atoms with Crippen LogP contribution in [0.4, 0.5) is 0 Å². The van der Waals surface area contributed by atoms with Crippen molar-refractivity contribution in [1.82, 2.24) is 0 Å². The molecule has 0 rings (SSSR count). The summed E-state index contributed by atoms with van der Waals surface area (Å²) < 4.78 is 15.9. The zero-order valence-electron chi connectivity index (χ0n) is 16.2. The number of carboxylic acid groups (broad SMARTS) is 1. The Bertz CT molecular complexity index is 454. The number of thioether (sulfide) groups is 1. The van der Waals surface area contributed by atoms with Crippen LogP contribution in [0.1, 0.15) is 46.5 Å². The molecule has 0 heterocycles. The molecule has 0 radical (unpaired) electrons. The topological polar surface area (TPSA) is 82.1 Å². The molecule has 146 valence electrons. The molecular formula is C17H32O6SSi. The van der Waals surface area contributed by atoms with E-state index in [9.17, 15) is 9.59 Å². The van der Waals surface area contributed by atoms with Crippen molar-refractivity contribution < 1.29 is 28.0 Å². The highest BCUT2D eigenvalue weighted by atomic mass is 32.2. The maximum absolute atomic E-state index is 12.6. The van der Waals surface area contributed by atoms with Crippen molar-refractivity contribution in [2.75, 3.05) is 26.7 Å². The van der Waals surface area contributed by atoms with Gasteiger partial charge in [0, 0.05) is 27.2 Å². The van der Waals surface area contributed by atoms with Gasteiger partial charge in [0.2, 0.25) is 0 Å². The Morgan fingerprint density at radius 1 is 1.16 bits per heavy atom. The summed E-state index contributed by atoms with van der Waals surface area (Å²) in [5, 5.41) is 9.19. The molecule has 0 aromatic rings. The van der Waals surface area contributed by atoms with Crippen LogP contribution in [-0.2, 0) is 22.9 Å². The number of hydrogen-bond acceptors (Lipinski definition) is 6. The predicted octanol–water partition coefficient (Wildman–Crippen LogP) is 3.53. The van der Waals surface area contributed by atoms with E-state index in [1.807, 2.05) is 0 Å². The molecule has 1 N–H and O–H groups in total. The average Bonchev–Trinajstić information content (AvgIpc) is 2.54. The maximum atomic E-state index is 12.6. The number of carbonyl (C=O) groups is 2. The molecule has 0 aromatic carbocycles. The molecule has 0 aliphatic rings. The summed E-state index contributed by atoms with van der Waals surface area (Å²) in [4.78, 5) is 23.7. The highest BCUT2D eigenvalue weighted by Gasteiger charge is 2.39. The van der Waals surface area contributed by atoms with Gasteiger partial charge in [-0.15, -0.1) is 0 Å². The van der Waals surface area contributed by atoms with E-state index in [0.717, 1.165) is 30.2 Å². The van der Waals surface area contributed by atoms with Crippen LogP contribution < -0.4 is 0 Å². The molecule has 0 bridgehead atoms. The van der Waals surface area contributed by atoms with Crippen LogP contribution in [0.15, 0.2) is 12.2 Å². The summed E-state index contributed by atoms with van der Waals surface area (Å²) in [5.74, 6) is -1.60. The van der Waals surface area contributed by atoms with Gasteiger partial charge in [-0.2, -0.15) is 0 Å². The van der Waals surface area contributed by atoms with Gasteiger partial charge in [-0.1, -0.05) is 51.1 Å². The normalized spacial score (nSPS) is 13.5. The van der Waals surface area contributed by atoms with Crippen LogP contribution in [0.3, 0.4) is 0 Å². The number of allylic oxidation sites excluding steroid dienone is 1. The number of hydrogen-bond donors (Lipinski definition) is 1. The van der Waals surface area contributed by atoms with Crippen LogP contribution in [0.25, 0.3) is 0 Å². The van der Waals surface area contributed by atoms with E-state index in [-0.39, 0.29) is 22.3 Å². The molecule has 0 spiro atoms. The number of carboxylic acids is 1. The molecule has 8 heteroatoms. The van der Waals surface area contributed by atoms with Crippen molar-refractivity contribution in [3.8, 4) is 0 Å². The summed E-state index contributed by atoms with van der Waals surface area (Å²) >= 11 is 1.02. The summed E-state index contributed by atoms with van der Waals surface area (Å²) in [7, 11) is 1.56. The number of carbonyl (C=O) groups excluding carboxylic acids is 1. The Balaban J connectivity index is 4.93. The van der Waals surface area contributed by atoms with Gasteiger partial charge in [-0.25, -0.2) is 0 Å². The van der Waals surface area contributed by atoms with Crippen molar-refractivity contribution in [2.45, 2.75) is 46.5 Å². The molecule has 0 saturated carbocycles. The minimum atomic E-state index is -2.88. The van der Waals surface area contributed by atoms with Crippen molar-refractivity contribution in [1.29, 1.82) is 0 Å². The smallest absolute Gasteiger partial charge is 0.481 e. The molecular weight excluding hydrogens is 360 g/mol. The number of aliphatic carboxylic acids is 1. The van der Waals surface area contributed by atoms with Crippen molar-refractivity contribution in [3.63, 3.8) is 0 Å². The molecule has 0 amide bonds. The monoisotopic (exact) mass is 392 g/mol. The van der Waals surface area contributed by atoms with E-state index in [1.165, 1.54) is 21.3 Å². The lowest BCUT2D eigenvalue weighted by atomic mass is 9.81. The van der Waals surface area contributed by atoms with Crippen molar-refractivity contribution in [2.24, 2.45) is 11.3 Å². The minimum Gasteiger partial charge on any atom is -0.481 e. The summed E-state index contributed by atoms with van der Waals surface area (Å²) in [6, 6.07) is 0. The van der Waals surface area contributed by atoms with E-state index < -0.39 is 20.7 Å². The highest BCUT2D eigenvalue weighted by molar-refractivity contribution is 8.14. The van der Waals surface area contributed by atoms with E-state index in [0.29, 0.717) is 6.42 Å². The first kappa shape index (κ1) is 24.3. The van der Waals surface area contributed by atoms with Crippen molar-refractivity contribution >= 4 is 31.7 Å². The third-order valence-electron chi connectivity index (χ3n) is 4.30. The third kappa shape index (κ3) is 9.00. The second kappa shape index (κ2) is 11.1. The minimum absolute atomic E-state index is 0.0886. The molecule has 0 aromatic heterocycles. The fourth-order valence-electron chi connectivity index (χ4n) is 2.38. The Kier molecular flexibility index (Phi) is 10.8. The van der Waals surface area contributed by atoms with E-state index in [1.54, 1.807) is 0 Å². The second-order valence-corrected chi connectivity index (χ2v) is 11.3. The standard InChI is InChI=1S/C17H32O6SSi/c1-8-17(3,4)11-13(2)9-14(10-15(18)19)16(20)24-12-25(21-5,22-6)23-7/h14H,2,8-12H2,1,3-7H3,(H,18,19). The quantitative estimate of drug-likeness (QED) is 0.379. The van der Waals surface area contributed by atoms with Gasteiger partial charge in [-0.3, -0.25) is 9.59 Å². The lowest BCUT2D eigenvalue weighted by Gasteiger charge is -2.26. The van der Waals surface area contributed by atoms with Gasteiger partial charge in [0.1, 0.15) is 0 Å². The SMILES string of the molecule is C=C(CC(CC(=O)O)C(=O)SC[Si](OC)(OC)OC)CC(C)(C)CC. The van der Waals surface area contributed by atoms with Gasteiger partial charge in [0.05, 0.1) is 11.8 Å². The molecule has 25 heavy (non-hydrogen) atoms. The Morgan fingerprint density at radius 2 is 1.68 bits per heavy atom.